The molecule has 0 saturated carbocycles. The number of hydrogen-bond donors (Lipinski definition) is 0. The summed E-state index contributed by atoms with van der Waals surface area (Å²) < 4.78 is 0. The minimum atomic E-state index is 0.883. The Morgan fingerprint density at radius 1 is 0.895 bits per heavy atom. The second-order valence-corrected chi connectivity index (χ2v) is 6.79. The molecule has 0 aliphatic rings. The number of allylic oxidation sites excluding steroid dienone is 1. The molecule has 0 saturated heterocycles. The van der Waals surface area contributed by atoms with Crippen molar-refractivity contribution in [1.82, 2.24) is 0 Å². The molecule has 0 aliphatic carbocycles. The average Bonchev–Trinajstić information content (AvgIpc) is 2.39. The van der Waals surface area contributed by atoms with E-state index in [-0.39, 0.29) is 0 Å². The lowest BCUT2D eigenvalue weighted by Crippen LogP contribution is -2.09. The topological polar surface area (TPSA) is 0 Å². The van der Waals surface area contributed by atoms with E-state index in [2.05, 4.69) is 41.2 Å². The van der Waals surface area contributed by atoms with Crippen molar-refractivity contribution in [2.45, 2.75) is 92.4 Å². The predicted molar refractivity (Wildman–Crippen MR) is 89.5 cm³/mol. The Bertz CT molecular complexity index is 216. The van der Waals surface area contributed by atoms with E-state index in [0.717, 1.165) is 17.8 Å². The fourth-order valence-corrected chi connectivity index (χ4v) is 2.94. The summed E-state index contributed by atoms with van der Waals surface area (Å²) in [5, 5.41) is 0. The van der Waals surface area contributed by atoms with Gasteiger partial charge in [-0.25, -0.2) is 0 Å². The Kier molecular flexibility index (Phi) is 11.4. The van der Waals surface area contributed by atoms with Gasteiger partial charge in [-0.15, -0.1) is 6.58 Å². The molecule has 0 heterocycles. The van der Waals surface area contributed by atoms with E-state index in [1.807, 2.05) is 0 Å². The highest BCUT2D eigenvalue weighted by Crippen LogP contribution is 2.25. The van der Waals surface area contributed by atoms with E-state index in [1.165, 1.54) is 63.4 Å². The highest BCUT2D eigenvalue weighted by molar-refractivity contribution is 4.87. The molecule has 0 nitrogen and oxygen atoms in total. The predicted octanol–water partition coefficient (Wildman–Crippen LogP) is 7.00. The summed E-state index contributed by atoms with van der Waals surface area (Å²) in [5.74, 6) is 2.76. The summed E-state index contributed by atoms with van der Waals surface area (Å²) in [6.45, 7) is 15.6. The zero-order valence-corrected chi connectivity index (χ0v) is 14.3. The van der Waals surface area contributed by atoms with E-state index in [4.69, 9.17) is 0 Å². The minimum Gasteiger partial charge on any atom is -0.100 e. The minimum absolute atomic E-state index is 0.883. The molecular formula is C19H38. The van der Waals surface area contributed by atoms with Gasteiger partial charge in [0.2, 0.25) is 0 Å². The molecular weight excluding hydrogens is 228 g/mol. The van der Waals surface area contributed by atoms with Gasteiger partial charge in [-0.3, -0.25) is 0 Å². The SMILES string of the molecule is C=C(C)CCC(C)CCCCCC(CC)C(C)CC. The Balaban J connectivity index is 3.55. The van der Waals surface area contributed by atoms with Crippen molar-refractivity contribution in [3.8, 4) is 0 Å². The van der Waals surface area contributed by atoms with E-state index >= 15 is 0 Å². The lowest BCUT2D eigenvalue weighted by Gasteiger charge is -2.21. The Hall–Kier alpha value is -0.260. The van der Waals surface area contributed by atoms with E-state index in [0.29, 0.717) is 0 Å². The smallest absolute Gasteiger partial charge is 0.0323 e. The molecule has 0 aromatic rings. The van der Waals surface area contributed by atoms with Crippen molar-refractivity contribution in [1.29, 1.82) is 0 Å². The molecule has 0 spiro atoms. The fraction of sp³-hybridized carbons (Fsp3) is 0.895. The first-order valence-electron chi connectivity index (χ1n) is 8.65. The van der Waals surface area contributed by atoms with Gasteiger partial charge >= 0.3 is 0 Å². The molecule has 0 radical (unpaired) electrons. The van der Waals surface area contributed by atoms with Crippen LogP contribution in [0, 0.1) is 17.8 Å². The van der Waals surface area contributed by atoms with Crippen LogP contribution in [0.25, 0.3) is 0 Å². The maximum absolute atomic E-state index is 3.99. The summed E-state index contributed by atoms with van der Waals surface area (Å²) >= 11 is 0. The molecule has 0 heteroatoms. The van der Waals surface area contributed by atoms with Gasteiger partial charge in [0.25, 0.3) is 0 Å². The van der Waals surface area contributed by atoms with E-state index in [9.17, 15) is 0 Å². The van der Waals surface area contributed by atoms with Crippen molar-refractivity contribution in [3.05, 3.63) is 12.2 Å². The standard InChI is InChI=1S/C19H38/c1-7-18(6)19(8-2)13-11-9-10-12-17(5)15-14-16(3)4/h17-19H,3,7-15H2,1-2,4-6H3. The van der Waals surface area contributed by atoms with Gasteiger partial charge in [0.1, 0.15) is 0 Å². The first kappa shape index (κ1) is 18.7. The zero-order valence-electron chi connectivity index (χ0n) is 14.3. The van der Waals surface area contributed by atoms with Gasteiger partial charge in [-0.1, -0.05) is 78.2 Å². The van der Waals surface area contributed by atoms with Gasteiger partial charge in [-0.2, -0.15) is 0 Å². The molecule has 0 bridgehead atoms. The third-order valence-corrected chi connectivity index (χ3v) is 4.81. The van der Waals surface area contributed by atoms with Crippen molar-refractivity contribution >= 4 is 0 Å². The molecule has 19 heavy (non-hydrogen) atoms. The fourth-order valence-electron chi connectivity index (χ4n) is 2.94. The van der Waals surface area contributed by atoms with Crippen LogP contribution < -0.4 is 0 Å². The van der Waals surface area contributed by atoms with Crippen LogP contribution in [0.5, 0.6) is 0 Å². The van der Waals surface area contributed by atoms with Crippen LogP contribution in [0.1, 0.15) is 92.4 Å². The number of unbranched alkanes of at least 4 members (excludes halogenated alkanes) is 2. The summed E-state index contributed by atoms with van der Waals surface area (Å²) in [5.41, 5.74) is 1.34. The van der Waals surface area contributed by atoms with Crippen LogP contribution >= 0.6 is 0 Å². The second kappa shape index (κ2) is 11.6. The second-order valence-electron chi connectivity index (χ2n) is 6.79. The van der Waals surface area contributed by atoms with Crippen LogP contribution in [0.2, 0.25) is 0 Å². The Morgan fingerprint density at radius 3 is 2.05 bits per heavy atom. The zero-order chi connectivity index (χ0) is 14.7. The van der Waals surface area contributed by atoms with Gasteiger partial charge in [-0.05, 0) is 37.5 Å². The molecule has 0 fully saturated rings. The van der Waals surface area contributed by atoms with Gasteiger partial charge in [0.05, 0.1) is 0 Å². The van der Waals surface area contributed by atoms with Crippen molar-refractivity contribution in [3.63, 3.8) is 0 Å². The lowest BCUT2D eigenvalue weighted by atomic mass is 9.85. The van der Waals surface area contributed by atoms with Gasteiger partial charge in [0.15, 0.2) is 0 Å². The molecule has 0 aromatic heterocycles. The molecule has 0 amide bonds. The number of rotatable bonds is 12. The molecule has 0 aliphatic heterocycles. The number of hydrogen-bond acceptors (Lipinski definition) is 0. The van der Waals surface area contributed by atoms with Crippen LogP contribution in [0.15, 0.2) is 12.2 Å². The van der Waals surface area contributed by atoms with Crippen molar-refractivity contribution in [2.75, 3.05) is 0 Å². The highest BCUT2D eigenvalue weighted by Gasteiger charge is 2.12. The van der Waals surface area contributed by atoms with Crippen LogP contribution in [-0.2, 0) is 0 Å². The summed E-state index contributed by atoms with van der Waals surface area (Å²) in [4.78, 5) is 0. The lowest BCUT2D eigenvalue weighted by molar-refractivity contribution is 0.305. The molecule has 0 aromatic carbocycles. The van der Waals surface area contributed by atoms with Crippen LogP contribution in [0.3, 0.4) is 0 Å². The normalized spacial score (nSPS) is 16.1. The first-order chi connectivity index (χ1) is 9.01. The van der Waals surface area contributed by atoms with Crippen molar-refractivity contribution in [2.24, 2.45) is 17.8 Å². The molecule has 0 rings (SSSR count). The third kappa shape index (κ3) is 10.2. The average molecular weight is 267 g/mol. The van der Waals surface area contributed by atoms with Crippen LogP contribution in [0.4, 0.5) is 0 Å². The largest absolute Gasteiger partial charge is 0.100 e. The molecule has 0 N–H and O–H groups in total. The molecule has 114 valence electrons. The highest BCUT2D eigenvalue weighted by atomic mass is 14.2. The summed E-state index contributed by atoms with van der Waals surface area (Å²) in [6, 6.07) is 0. The quantitative estimate of drug-likeness (QED) is 0.263. The summed E-state index contributed by atoms with van der Waals surface area (Å²) in [6.07, 6.45) is 12.4. The maximum Gasteiger partial charge on any atom is -0.0323 e. The first-order valence-corrected chi connectivity index (χ1v) is 8.65. The molecule has 3 unspecified atom stereocenters. The Labute approximate surface area is 123 Å². The van der Waals surface area contributed by atoms with E-state index < -0.39 is 0 Å². The Morgan fingerprint density at radius 2 is 1.53 bits per heavy atom. The maximum atomic E-state index is 3.99. The van der Waals surface area contributed by atoms with Gasteiger partial charge < -0.3 is 0 Å². The molecule has 3 atom stereocenters. The van der Waals surface area contributed by atoms with Crippen molar-refractivity contribution < 1.29 is 0 Å². The van der Waals surface area contributed by atoms with Crippen LogP contribution in [-0.4, -0.2) is 0 Å². The van der Waals surface area contributed by atoms with Gasteiger partial charge in [0, 0.05) is 0 Å². The van der Waals surface area contributed by atoms with E-state index in [1.54, 1.807) is 0 Å². The third-order valence-electron chi connectivity index (χ3n) is 4.81. The monoisotopic (exact) mass is 266 g/mol. The summed E-state index contributed by atoms with van der Waals surface area (Å²) in [7, 11) is 0.